The maximum atomic E-state index is 11.0. The monoisotopic (exact) mass is 340 g/mol. The highest BCUT2D eigenvalue weighted by atomic mass is 16.6. The van der Waals surface area contributed by atoms with Gasteiger partial charge in [-0.15, -0.1) is 0 Å². The largest absolute Gasteiger partial charge is 0.479 e. The number of aliphatic carboxylic acids is 1. The van der Waals surface area contributed by atoms with Gasteiger partial charge < -0.3 is 14.6 Å². The van der Waals surface area contributed by atoms with Gasteiger partial charge in [-0.25, -0.2) is 4.79 Å². The summed E-state index contributed by atoms with van der Waals surface area (Å²) >= 11 is 0. The van der Waals surface area contributed by atoms with E-state index in [9.17, 15) is 4.79 Å². The van der Waals surface area contributed by atoms with E-state index >= 15 is 0 Å². The molecule has 1 aliphatic carbocycles. The Hall–Kier alpha value is -0.610. The Labute approximate surface area is 147 Å². The topological polar surface area (TPSA) is 59.1 Å². The second-order valence-corrected chi connectivity index (χ2v) is 7.72. The van der Waals surface area contributed by atoms with Gasteiger partial charge in [0.2, 0.25) is 0 Å². The quantitative estimate of drug-likeness (QED) is 0.502. The van der Waals surface area contributed by atoms with Crippen molar-refractivity contribution >= 4 is 5.97 Å². The predicted molar refractivity (Wildman–Crippen MR) is 95.3 cm³/mol. The minimum Gasteiger partial charge on any atom is -0.479 e. The fraction of sp³-hybridized carbons (Fsp3) is 0.950. The molecule has 1 saturated heterocycles. The molecule has 1 aliphatic heterocycles. The van der Waals surface area contributed by atoms with E-state index in [2.05, 4.69) is 0 Å². The van der Waals surface area contributed by atoms with E-state index in [1.165, 1.54) is 77.0 Å². The summed E-state index contributed by atoms with van der Waals surface area (Å²) in [5, 5.41) is 9.04. The Balaban J connectivity index is 1.53. The minimum atomic E-state index is -0.878. The molecule has 2 rings (SSSR count). The highest BCUT2D eigenvalue weighted by Crippen LogP contribution is 2.32. The summed E-state index contributed by atoms with van der Waals surface area (Å²) < 4.78 is 10.8. The summed E-state index contributed by atoms with van der Waals surface area (Å²) in [6, 6.07) is 0. The predicted octanol–water partition coefficient (Wildman–Crippen LogP) is 4.95. The lowest BCUT2D eigenvalue weighted by Gasteiger charge is -2.18. The molecule has 2 fully saturated rings. The van der Waals surface area contributed by atoms with Crippen LogP contribution in [0.2, 0.25) is 0 Å². The molecule has 4 nitrogen and oxygen atoms in total. The molecular formula is C20H36O4. The average molecular weight is 341 g/mol. The number of hydrogen-bond acceptors (Lipinski definition) is 3. The maximum absolute atomic E-state index is 11.0. The van der Waals surface area contributed by atoms with Crippen LogP contribution in [0.3, 0.4) is 0 Å². The van der Waals surface area contributed by atoms with Gasteiger partial charge in [0.25, 0.3) is 0 Å². The SMILES string of the molecule is O=C(O)C1(CCCOCCC2CCCCCCCCCCC2)CO1. The molecule has 0 amide bonds. The fourth-order valence-corrected chi connectivity index (χ4v) is 3.81. The smallest absolute Gasteiger partial charge is 0.338 e. The third-order valence-corrected chi connectivity index (χ3v) is 5.65. The zero-order chi connectivity index (χ0) is 17.1. The van der Waals surface area contributed by atoms with Gasteiger partial charge in [0, 0.05) is 13.2 Å². The summed E-state index contributed by atoms with van der Waals surface area (Å²) in [7, 11) is 0. The van der Waals surface area contributed by atoms with Gasteiger partial charge >= 0.3 is 5.97 Å². The van der Waals surface area contributed by atoms with Crippen LogP contribution in [0.1, 0.15) is 89.9 Å². The highest BCUT2D eigenvalue weighted by Gasteiger charge is 2.51. The van der Waals surface area contributed by atoms with Gasteiger partial charge in [0.05, 0.1) is 6.61 Å². The molecular weight excluding hydrogens is 304 g/mol. The number of ether oxygens (including phenoxy) is 2. The van der Waals surface area contributed by atoms with Crippen molar-refractivity contribution in [2.45, 2.75) is 95.5 Å². The molecule has 1 N–H and O–H groups in total. The van der Waals surface area contributed by atoms with Gasteiger partial charge in [-0.2, -0.15) is 0 Å². The minimum absolute atomic E-state index is 0.365. The molecule has 0 radical (unpaired) electrons. The third-order valence-electron chi connectivity index (χ3n) is 5.65. The van der Waals surface area contributed by atoms with E-state index in [0.29, 0.717) is 19.6 Å². The van der Waals surface area contributed by atoms with E-state index in [-0.39, 0.29) is 0 Å². The molecule has 0 aromatic carbocycles. The third kappa shape index (κ3) is 7.52. The molecule has 24 heavy (non-hydrogen) atoms. The molecule has 2 aliphatic rings. The van der Waals surface area contributed by atoms with E-state index < -0.39 is 11.6 Å². The van der Waals surface area contributed by atoms with Crippen LogP contribution in [-0.2, 0) is 14.3 Å². The maximum Gasteiger partial charge on any atom is 0.338 e. The van der Waals surface area contributed by atoms with Crippen molar-refractivity contribution in [3.63, 3.8) is 0 Å². The number of carboxylic acid groups (broad SMARTS) is 1. The van der Waals surface area contributed by atoms with Crippen LogP contribution in [0.5, 0.6) is 0 Å². The Morgan fingerprint density at radius 1 is 0.958 bits per heavy atom. The summed E-state index contributed by atoms with van der Waals surface area (Å²) in [5.41, 5.74) is -0.878. The molecule has 0 aromatic heterocycles. The molecule has 1 unspecified atom stereocenters. The van der Waals surface area contributed by atoms with Crippen LogP contribution in [-0.4, -0.2) is 36.5 Å². The normalized spacial score (nSPS) is 27.2. The molecule has 1 atom stereocenters. The lowest BCUT2D eigenvalue weighted by molar-refractivity contribution is -0.143. The van der Waals surface area contributed by atoms with Crippen molar-refractivity contribution in [2.75, 3.05) is 19.8 Å². The Morgan fingerprint density at radius 3 is 2.00 bits per heavy atom. The van der Waals surface area contributed by atoms with Crippen LogP contribution < -0.4 is 0 Å². The van der Waals surface area contributed by atoms with Gasteiger partial charge in [-0.05, 0) is 25.2 Å². The van der Waals surface area contributed by atoms with E-state index in [4.69, 9.17) is 14.6 Å². The van der Waals surface area contributed by atoms with Gasteiger partial charge in [-0.1, -0.05) is 70.6 Å². The average Bonchev–Trinajstić information content (AvgIpc) is 3.34. The molecule has 0 aromatic rings. The van der Waals surface area contributed by atoms with Crippen LogP contribution >= 0.6 is 0 Å². The first-order valence-corrected chi connectivity index (χ1v) is 10.2. The lowest BCUT2D eigenvalue weighted by atomic mass is 9.91. The summed E-state index contributed by atoms with van der Waals surface area (Å²) in [6.45, 7) is 1.85. The number of hydrogen-bond donors (Lipinski definition) is 1. The van der Waals surface area contributed by atoms with Crippen LogP contribution in [0.25, 0.3) is 0 Å². The highest BCUT2D eigenvalue weighted by molar-refractivity contribution is 5.80. The van der Waals surface area contributed by atoms with Gasteiger partial charge in [0.1, 0.15) is 0 Å². The lowest BCUT2D eigenvalue weighted by Crippen LogP contribution is -2.24. The molecule has 0 spiro atoms. The van der Waals surface area contributed by atoms with Gasteiger partial charge in [0.15, 0.2) is 5.60 Å². The van der Waals surface area contributed by atoms with Crippen LogP contribution in [0.15, 0.2) is 0 Å². The van der Waals surface area contributed by atoms with Crippen molar-refractivity contribution in [3.8, 4) is 0 Å². The van der Waals surface area contributed by atoms with Crippen LogP contribution in [0.4, 0.5) is 0 Å². The fourth-order valence-electron chi connectivity index (χ4n) is 3.81. The van der Waals surface area contributed by atoms with E-state index in [0.717, 1.165) is 18.9 Å². The Morgan fingerprint density at radius 2 is 1.50 bits per heavy atom. The van der Waals surface area contributed by atoms with Gasteiger partial charge in [-0.3, -0.25) is 0 Å². The first-order chi connectivity index (χ1) is 11.7. The molecule has 4 heteroatoms. The molecule has 0 bridgehead atoms. The van der Waals surface area contributed by atoms with Crippen LogP contribution in [0, 0.1) is 5.92 Å². The zero-order valence-corrected chi connectivity index (χ0v) is 15.3. The summed E-state index contributed by atoms with van der Waals surface area (Å²) in [6.07, 6.45) is 17.9. The van der Waals surface area contributed by atoms with Crippen molar-refractivity contribution in [1.82, 2.24) is 0 Å². The standard InChI is InChI=1S/C20H36O4/c21-19(22)20(17-24-20)14-10-15-23-16-13-18-11-8-6-4-2-1-3-5-7-9-12-18/h18H,1-17H2,(H,21,22). The summed E-state index contributed by atoms with van der Waals surface area (Å²) in [5.74, 6) is -0.00252. The van der Waals surface area contributed by atoms with Crippen molar-refractivity contribution in [2.24, 2.45) is 5.92 Å². The van der Waals surface area contributed by atoms with Crippen molar-refractivity contribution in [1.29, 1.82) is 0 Å². The Kier molecular flexibility index (Phi) is 9.11. The molecule has 1 heterocycles. The van der Waals surface area contributed by atoms with E-state index in [1.54, 1.807) is 0 Å². The second kappa shape index (κ2) is 11.1. The number of rotatable bonds is 8. The van der Waals surface area contributed by atoms with E-state index in [1.807, 2.05) is 0 Å². The first kappa shape index (κ1) is 19.7. The zero-order valence-electron chi connectivity index (χ0n) is 15.3. The Bertz CT molecular complexity index is 340. The van der Waals surface area contributed by atoms with Crippen molar-refractivity contribution < 1.29 is 19.4 Å². The number of carbonyl (C=O) groups is 1. The van der Waals surface area contributed by atoms with Crippen molar-refractivity contribution in [3.05, 3.63) is 0 Å². The second-order valence-electron chi connectivity index (χ2n) is 7.72. The summed E-state index contributed by atoms with van der Waals surface area (Å²) in [4.78, 5) is 11.0. The first-order valence-electron chi connectivity index (χ1n) is 10.2. The number of epoxide rings is 1. The molecule has 140 valence electrons. The number of carboxylic acids is 1. The molecule has 1 saturated carbocycles.